The predicted octanol–water partition coefficient (Wildman–Crippen LogP) is -0.660. The van der Waals surface area contributed by atoms with Crippen molar-refractivity contribution in [2.45, 2.75) is 12.2 Å². The van der Waals surface area contributed by atoms with Gasteiger partial charge in [-0.25, -0.2) is 9.78 Å². The minimum absolute atomic E-state index is 0.268. The summed E-state index contributed by atoms with van der Waals surface area (Å²) in [4.78, 5) is 23.6. The van der Waals surface area contributed by atoms with E-state index in [1.807, 2.05) is 0 Å². The van der Waals surface area contributed by atoms with E-state index in [0.29, 0.717) is 0 Å². The van der Waals surface area contributed by atoms with E-state index in [2.05, 4.69) is 4.98 Å². The Morgan fingerprint density at radius 2 is 2.17 bits per heavy atom. The summed E-state index contributed by atoms with van der Waals surface area (Å²) in [7, 11) is 0. The number of hydrogen-bond donors (Lipinski definition) is 3. The topological polar surface area (TPSA) is 158 Å². The number of aliphatic hydroxyl groups is 2. The minimum Gasteiger partial charge on any atom is -0.479 e. The number of aliphatic carboxylic acids is 1. The van der Waals surface area contributed by atoms with Crippen molar-refractivity contribution in [3.05, 3.63) is 33.6 Å². The molecule has 1 aromatic rings. The lowest BCUT2D eigenvalue weighted by molar-refractivity contribution is -0.385. The van der Waals surface area contributed by atoms with E-state index in [9.17, 15) is 20.0 Å². The third-order valence-electron chi connectivity index (χ3n) is 2.08. The summed E-state index contributed by atoms with van der Waals surface area (Å²) in [6.45, 7) is 0. The third kappa shape index (κ3) is 2.57. The maximum absolute atomic E-state index is 10.6. The molecule has 1 aromatic heterocycles. The van der Waals surface area contributed by atoms with Gasteiger partial charge in [-0.15, -0.1) is 0 Å². The van der Waals surface area contributed by atoms with Crippen LogP contribution in [0.1, 0.15) is 17.4 Å². The van der Waals surface area contributed by atoms with E-state index < -0.39 is 34.5 Å². The monoisotopic (exact) mass is 253 g/mol. The van der Waals surface area contributed by atoms with Crippen molar-refractivity contribution < 1.29 is 25.0 Å². The Hall–Kier alpha value is -2.57. The standard InChI is InChI=1S/C9H7N3O6/c10-2-5-6(12(17)18)1-4(3-11-5)7(13)8(14)9(15)16/h1,3,7-8,13-14H,(H,15,16). The van der Waals surface area contributed by atoms with Crippen LogP contribution in [-0.4, -0.2) is 37.3 Å². The second kappa shape index (κ2) is 5.17. The second-order valence-electron chi connectivity index (χ2n) is 3.23. The molecule has 0 bridgehead atoms. The van der Waals surface area contributed by atoms with E-state index in [-0.39, 0.29) is 5.56 Å². The van der Waals surface area contributed by atoms with Gasteiger partial charge >= 0.3 is 11.7 Å². The number of aliphatic hydroxyl groups excluding tert-OH is 2. The Morgan fingerprint density at radius 1 is 1.56 bits per heavy atom. The first-order valence-electron chi connectivity index (χ1n) is 4.52. The molecule has 1 rings (SSSR count). The zero-order chi connectivity index (χ0) is 13.9. The van der Waals surface area contributed by atoms with Gasteiger partial charge in [0.15, 0.2) is 6.10 Å². The number of aromatic nitrogens is 1. The molecule has 0 aromatic carbocycles. The first-order valence-corrected chi connectivity index (χ1v) is 4.52. The molecule has 2 atom stereocenters. The van der Waals surface area contributed by atoms with Crippen LogP contribution in [-0.2, 0) is 4.79 Å². The Kier molecular flexibility index (Phi) is 3.88. The van der Waals surface area contributed by atoms with Crippen LogP contribution in [0.3, 0.4) is 0 Å². The lowest BCUT2D eigenvalue weighted by Crippen LogP contribution is -2.27. The summed E-state index contributed by atoms with van der Waals surface area (Å²) in [5, 5.41) is 46.2. The highest BCUT2D eigenvalue weighted by Crippen LogP contribution is 2.23. The van der Waals surface area contributed by atoms with E-state index in [1.165, 1.54) is 6.07 Å². The van der Waals surface area contributed by atoms with Crippen LogP contribution < -0.4 is 0 Å². The van der Waals surface area contributed by atoms with Crippen molar-refractivity contribution in [3.8, 4) is 6.07 Å². The summed E-state index contributed by atoms with van der Waals surface area (Å²) in [5.74, 6) is -1.69. The van der Waals surface area contributed by atoms with E-state index in [1.54, 1.807) is 0 Å². The molecule has 1 heterocycles. The van der Waals surface area contributed by atoms with E-state index in [0.717, 1.165) is 12.3 Å². The molecular formula is C9H7N3O6. The largest absolute Gasteiger partial charge is 0.479 e. The van der Waals surface area contributed by atoms with E-state index in [4.69, 9.17) is 15.5 Å². The molecule has 0 aliphatic carbocycles. The summed E-state index contributed by atoms with van der Waals surface area (Å²) >= 11 is 0. The summed E-state index contributed by atoms with van der Waals surface area (Å²) in [5.41, 5.74) is -1.41. The third-order valence-corrected chi connectivity index (χ3v) is 2.08. The Balaban J connectivity index is 3.21. The zero-order valence-corrected chi connectivity index (χ0v) is 8.72. The van der Waals surface area contributed by atoms with Crippen LogP contribution in [0.2, 0.25) is 0 Å². The van der Waals surface area contributed by atoms with Crippen molar-refractivity contribution in [2.24, 2.45) is 0 Å². The first-order chi connectivity index (χ1) is 8.38. The number of hydrogen-bond acceptors (Lipinski definition) is 7. The van der Waals surface area contributed by atoms with Gasteiger partial charge in [-0.2, -0.15) is 5.26 Å². The Morgan fingerprint density at radius 3 is 2.61 bits per heavy atom. The highest BCUT2D eigenvalue weighted by Gasteiger charge is 2.28. The molecule has 0 saturated carbocycles. The van der Waals surface area contributed by atoms with Gasteiger partial charge in [0.25, 0.3) is 0 Å². The van der Waals surface area contributed by atoms with Crippen molar-refractivity contribution in [1.29, 1.82) is 5.26 Å². The predicted molar refractivity (Wildman–Crippen MR) is 54.2 cm³/mol. The molecule has 0 spiro atoms. The van der Waals surface area contributed by atoms with Crippen molar-refractivity contribution in [3.63, 3.8) is 0 Å². The fraction of sp³-hybridized carbons (Fsp3) is 0.222. The lowest BCUT2D eigenvalue weighted by Gasteiger charge is -2.13. The molecule has 9 heteroatoms. The van der Waals surface area contributed by atoms with Crippen molar-refractivity contribution >= 4 is 11.7 Å². The number of nitro groups is 1. The summed E-state index contributed by atoms with van der Waals surface area (Å²) in [6, 6.07) is 2.28. The molecule has 0 aliphatic rings. The quantitative estimate of drug-likeness (QED) is 0.471. The first kappa shape index (κ1) is 13.5. The lowest BCUT2D eigenvalue weighted by atomic mass is 10.1. The molecule has 0 radical (unpaired) electrons. The smallest absolute Gasteiger partial charge is 0.335 e. The molecule has 9 nitrogen and oxygen atoms in total. The summed E-state index contributed by atoms with van der Waals surface area (Å²) < 4.78 is 0. The number of carboxylic acid groups (broad SMARTS) is 1. The van der Waals surface area contributed by atoms with Gasteiger partial charge in [0, 0.05) is 17.8 Å². The molecule has 18 heavy (non-hydrogen) atoms. The SMILES string of the molecule is N#Cc1ncc(C(O)C(O)C(=O)O)cc1[N+](=O)[O-]. The van der Waals surface area contributed by atoms with Gasteiger partial charge in [-0.3, -0.25) is 10.1 Å². The van der Waals surface area contributed by atoms with Crippen LogP contribution in [0.25, 0.3) is 0 Å². The van der Waals surface area contributed by atoms with Crippen LogP contribution in [0.5, 0.6) is 0 Å². The minimum atomic E-state index is -2.14. The maximum Gasteiger partial charge on any atom is 0.335 e. The number of nitrogens with zero attached hydrogens (tertiary/aromatic N) is 3. The molecule has 94 valence electrons. The molecule has 2 unspecified atom stereocenters. The number of carboxylic acids is 1. The highest BCUT2D eigenvalue weighted by molar-refractivity contribution is 5.73. The van der Waals surface area contributed by atoms with Gasteiger partial charge in [0.05, 0.1) is 4.92 Å². The molecule has 3 N–H and O–H groups in total. The van der Waals surface area contributed by atoms with Crippen molar-refractivity contribution in [1.82, 2.24) is 4.98 Å². The van der Waals surface area contributed by atoms with Gasteiger partial charge in [-0.1, -0.05) is 0 Å². The van der Waals surface area contributed by atoms with Gasteiger partial charge in [0.2, 0.25) is 5.69 Å². The van der Waals surface area contributed by atoms with Gasteiger partial charge in [0.1, 0.15) is 12.2 Å². The fourth-order valence-corrected chi connectivity index (χ4v) is 1.17. The van der Waals surface area contributed by atoms with Gasteiger partial charge in [-0.05, 0) is 0 Å². The normalized spacial score (nSPS) is 13.4. The van der Waals surface area contributed by atoms with Crippen LogP contribution >= 0.6 is 0 Å². The number of carbonyl (C=O) groups is 1. The fourth-order valence-electron chi connectivity index (χ4n) is 1.17. The molecule has 0 saturated heterocycles. The van der Waals surface area contributed by atoms with Gasteiger partial charge < -0.3 is 15.3 Å². The second-order valence-corrected chi connectivity index (χ2v) is 3.23. The highest BCUT2D eigenvalue weighted by atomic mass is 16.6. The zero-order valence-electron chi connectivity index (χ0n) is 8.72. The van der Waals surface area contributed by atoms with Crippen molar-refractivity contribution in [2.75, 3.05) is 0 Å². The van der Waals surface area contributed by atoms with Crippen LogP contribution in [0.15, 0.2) is 12.3 Å². The Labute approximate surface area is 99.7 Å². The number of pyridine rings is 1. The summed E-state index contributed by atoms with van der Waals surface area (Å²) in [6.07, 6.45) is -3.12. The molecule has 0 amide bonds. The van der Waals surface area contributed by atoms with Crippen LogP contribution in [0.4, 0.5) is 5.69 Å². The molecular weight excluding hydrogens is 246 g/mol. The number of rotatable bonds is 4. The average molecular weight is 253 g/mol. The Bertz CT molecular complexity index is 538. The molecule has 0 fully saturated rings. The van der Waals surface area contributed by atoms with Crippen LogP contribution in [0, 0.1) is 21.4 Å². The maximum atomic E-state index is 10.6. The number of nitriles is 1. The van der Waals surface area contributed by atoms with E-state index >= 15 is 0 Å². The average Bonchev–Trinajstić information content (AvgIpc) is 2.35. The molecule has 0 aliphatic heterocycles.